The molecule has 0 bridgehead atoms. The number of hydrogen-bond acceptors (Lipinski definition) is 3. The van der Waals surface area contributed by atoms with E-state index in [1.165, 1.54) is 10.5 Å². The van der Waals surface area contributed by atoms with Crippen LogP contribution in [-0.2, 0) is 6.42 Å². The second-order valence-electron chi connectivity index (χ2n) is 5.25. The molecule has 0 radical (unpaired) electrons. The molecule has 0 saturated carbocycles. The van der Waals surface area contributed by atoms with Crippen molar-refractivity contribution in [3.05, 3.63) is 59.2 Å². The van der Waals surface area contributed by atoms with Crippen LogP contribution in [0.5, 0.6) is 5.75 Å². The van der Waals surface area contributed by atoms with Crippen molar-refractivity contribution in [2.45, 2.75) is 30.4 Å². The molecule has 1 aliphatic rings. The van der Waals surface area contributed by atoms with E-state index in [-0.39, 0.29) is 12.1 Å². The minimum atomic E-state index is -0.0767. The summed E-state index contributed by atoms with van der Waals surface area (Å²) in [6.07, 6.45) is 3.33. The first-order chi connectivity index (χ1) is 9.67. The molecule has 2 unspecified atom stereocenters. The Labute approximate surface area is 124 Å². The first kappa shape index (κ1) is 13.5. The van der Waals surface area contributed by atoms with Gasteiger partial charge in [0.25, 0.3) is 0 Å². The minimum absolute atomic E-state index is 0.0767. The molecule has 1 aliphatic heterocycles. The van der Waals surface area contributed by atoms with Gasteiger partial charge in [0.05, 0.1) is 6.04 Å². The monoisotopic (exact) mass is 285 g/mol. The molecule has 0 aromatic heterocycles. The molecule has 0 fully saturated rings. The summed E-state index contributed by atoms with van der Waals surface area (Å²) in [5, 5.41) is 0. The van der Waals surface area contributed by atoms with Crippen molar-refractivity contribution in [2.75, 3.05) is 6.26 Å². The lowest BCUT2D eigenvalue weighted by molar-refractivity contribution is 0.254. The molecular formula is C17H19NOS. The van der Waals surface area contributed by atoms with E-state index in [2.05, 4.69) is 49.6 Å². The van der Waals surface area contributed by atoms with Crippen molar-refractivity contribution < 1.29 is 4.74 Å². The molecule has 104 valence electrons. The number of ether oxygens (including phenoxy) is 1. The molecule has 2 aromatic rings. The van der Waals surface area contributed by atoms with Gasteiger partial charge in [-0.25, -0.2) is 0 Å². The van der Waals surface area contributed by atoms with E-state index < -0.39 is 0 Å². The highest BCUT2D eigenvalue weighted by molar-refractivity contribution is 7.98. The van der Waals surface area contributed by atoms with Crippen LogP contribution >= 0.6 is 11.8 Å². The third kappa shape index (κ3) is 2.56. The highest BCUT2D eigenvalue weighted by atomic mass is 32.2. The fraction of sp³-hybridized carbons (Fsp3) is 0.294. The summed E-state index contributed by atoms with van der Waals surface area (Å²) < 4.78 is 5.73. The van der Waals surface area contributed by atoms with Crippen molar-refractivity contribution in [3.8, 4) is 5.75 Å². The Bertz CT molecular complexity index is 609. The maximum absolute atomic E-state index is 6.39. The molecule has 2 aromatic carbocycles. The van der Waals surface area contributed by atoms with Crippen LogP contribution in [0.4, 0.5) is 0 Å². The van der Waals surface area contributed by atoms with Crippen LogP contribution in [0, 0.1) is 0 Å². The third-order valence-corrected chi connectivity index (χ3v) is 4.50. The molecule has 2 nitrogen and oxygen atoms in total. The van der Waals surface area contributed by atoms with Crippen LogP contribution in [0.2, 0.25) is 0 Å². The van der Waals surface area contributed by atoms with E-state index in [4.69, 9.17) is 10.5 Å². The standard InChI is InChI=1S/C17H19NOS/c1-11-9-14-10-13(5-8-16(14)19-11)17(18)12-3-6-15(20-2)7-4-12/h3-8,10-11,17H,9,18H2,1-2H3. The maximum atomic E-state index is 6.39. The second kappa shape index (κ2) is 5.51. The lowest BCUT2D eigenvalue weighted by Crippen LogP contribution is -2.11. The molecule has 3 rings (SSSR count). The van der Waals surface area contributed by atoms with Crippen molar-refractivity contribution >= 4 is 11.8 Å². The van der Waals surface area contributed by atoms with Crippen molar-refractivity contribution in [1.29, 1.82) is 0 Å². The summed E-state index contributed by atoms with van der Waals surface area (Å²) in [5.74, 6) is 1.01. The summed E-state index contributed by atoms with van der Waals surface area (Å²) in [6, 6.07) is 14.7. The molecule has 0 aliphatic carbocycles. The SMILES string of the molecule is CSc1ccc(C(N)c2ccc3c(c2)CC(C)O3)cc1. The summed E-state index contributed by atoms with van der Waals surface area (Å²) in [5.41, 5.74) is 9.96. The van der Waals surface area contributed by atoms with Gasteiger partial charge < -0.3 is 10.5 Å². The molecule has 3 heteroatoms. The van der Waals surface area contributed by atoms with Crippen molar-refractivity contribution in [2.24, 2.45) is 5.73 Å². The number of thioether (sulfide) groups is 1. The zero-order chi connectivity index (χ0) is 14.1. The lowest BCUT2D eigenvalue weighted by atomic mass is 9.97. The van der Waals surface area contributed by atoms with Gasteiger partial charge in [0.15, 0.2) is 0 Å². The largest absolute Gasteiger partial charge is 0.490 e. The van der Waals surface area contributed by atoms with Crippen LogP contribution in [0.3, 0.4) is 0 Å². The maximum Gasteiger partial charge on any atom is 0.123 e. The Morgan fingerprint density at radius 3 is 2.55 bits per heavy atom. The fourth-order valence-corrected chi connectivity index (χ4v) is 3.05. The number of rotatable bonds is 3. The Morgan fingerprint density at radius 1 is 1.15 bits per heavy atom. The molecule has 20 heavy (non-hydrogen) atoms. The molecular weight excluding hydrogens is 266 g/mol. The van der Waals surface area contributed by atoms with Crippen LogP contribution in [0.1, 0.15) is 29.7 Å². The van der Waals surface area contributed by atoms with Gasteiger partial charge in [-0.1, -0.05) is 24.3 Å². The molecule has 0 amide bonds. The third-order valence-electron chi connectivity index (χ3n) is 3.75. The van der Waals surface area contributed by atoms with Gasteiger partial charge in [0.2, 0.25) is 0 Å². The van der Waals surface area contributed by atoms with E-state index in [0.29, 0.717) is 0 Å². The van der Waals surface area contributed by atoms with Crippen LogP contribution in [0.15, 0.2) is 47.4 Å². The van der Waals surface area contributed by atoms with Gasteiger partial charge in [-0.05, 0) is 48.1 Å². The van der Waals surface area contributed by atoms with Gasteiger partial charge in [-0.15, -0.1) is 11.8 Å². The van der Waals surface area contributed by atoms with Gasteiger partial charge in [-0.2, -0.15) is 0 Å². The van der Waals surface area contributed by atoms with Gasteiger partial charge in [-0.3, -0.25) is 0 Å². The van der Waals surface area contributed by atoms with Crippen LogP contribution in [0.25, 0.3) is 0 Å². The minimum Gasteiger partial charge on any atom is -0.490 e. The summed E-state index contributed by atoms with van der Waals surface area (Å²) in [7, 11) is 0. The second-order valence-corrected chi connectivity index (χ2v) is 6.13. The number of fused-ring (bicyclic) bond motifs is 1. The Hall–Kier alpha value is -1.45. The molecule has 0 spiro atoms. The van der Waals surface area contributed by atoms with Crippen molar-refractivity contribution in [1.82, 2.24) is 0 Å². The van der Waals surface area contributed by atoms with Crippen molar-refractivity contribution in [3.63, 3.8) is 0 Å². The first-order valence-electron chi connectivity index (χ1n) is 6.86. The van der Waals surface area contributed by atoms with Crippen LogP contribution in [-0.4, -0.2) is 12.4 Å². The highest BCUT2D eigenvalue weighted by Crippen LogP contribution is 2.32. The zero-order valence-corrected chi connectivity index (χ0v) is 12.6. The van der Waals surface area contributed by atoms with E-state index in [1.807, 2.05) is 6.07 Å². The van der Waals surface area contributed by atoms with Gasteiger partial charge >= 0.3 is 0 Å². The number of hydrogen-bond donors (Lipinski definition) is 1. The van der Waals surface area contributed by atoms with E-state index in [0.717, 1.165) is 23.3 Å². The highest BCUT2D eigenvalue weighted by Gasteiger charge is 2.20. The van der Waals surface area contributed by atoms with Gasteiger partial charge in [0.1, 0.15) is 11.9 Å². The topological polar surface area (TPSA) is 35.2 Å². The lowest BCUT2D eigenvalue weighted by Gasteiger charge is -2.14. The Balaban J connectivity index is 1.86. The Kier molecular flexibility index (Phi) is 3.72. The molecule has 0 saturated heterocycles. The molecule has 1 heterocycles. The van der Waals surface area contributed by atoms with E-state index >= 15 is 0 Å². The number of nitrogens with two attached hydrogens (primary N) is 1. The summed E-state index contributed by atoms with van der Waals surface area (Å²) in [6.45, 7) is 2.10. The average molecular weight is 285 g/mol. The first-order valence-corrected chi connectivity index (χ1v) is 8.09. The normalized spacial score (nSPS) is 18.4. The Morgan fingerprint density at radius 2 is 1.85 bits per heavy atom. The predicted octanol–water partition coefficient (Wildman–Crippen LogP) is 3.78. The smallest absolute Gasteiger partial charge is 0.123 e. The average Bonchev–Trinajstić information content (AvgIpc) is 2.85. The fourth-order valence-electron chi connectivity index (χ4n) is 2.64. The molecule has 2 atom stereocenters. The number of benzene rings is 2. The van der Waals surface area contributed by atoms with Gasteiger partial charge in [0, 0.05) is 11.3 Å². The van der Waals surface area contributed by atoms with E-state index in [9.17, 15) is 0 Å². The zero-order valence-electron chi connectivity index (χ0n) is 11.8. The van der Waals surface area contributed by atoms with E-state index in [1.54, 1.807) is 11.8 Å². The van der Waals surface area contributed by atoms with Crippen LogP contribution < -0.4 is 10.5 Å². The predicted molar refractivity (Wildman–Crippen MR) is 84.5 cm³/mol. The quantitative estimate of drug-likeness (QED) is 0.872. The molecule has 2 N–H and O–H groups in total. The summed E-state index contributed by atoms with van der Waals surface area (Å²) >= 11 is 1.74. The summed E-state index contributed by atoms with van der Waals surface area (Å²) in [4.78, 5) is 1.26.